The number of benzene rings is 1. The first-order valence-corrected chi connectivity index (χ1v) is 9.89. The molecule has 2 N–H and O–H groups in total. The Labute approximate surface area is 177 Å². The van der Waals surface area contributed by atoms with Gasteiger partial charge in [-0.25, -0.2) is 14.2 Å². The van der Waals surface area contributed by atoms with E-state index < -0.39 is 11.9 Å². The zero-order valence-corrected chi connectivity index (χ0v) is 17.2. The molecular formula is C20H23FN6O4. The van der Waals surface area contributed by atoms with Crippen LogP contribution < -0.4 is 20.9 Å². The highest BCUT2D eigenvalue weighted by Gasteiger charge is 2.33. The highest BCUT2D eigenvalue weighted by atomic mass is 19.1. The van der Waals surface area contributed by atoms with Gasteiger partial charge in [0.05, 0.1) is 24.8 Å². The number of fused-ring (bicyclic) bond motifs is 1. The highest BCUT2D eigenvalue weighted by molar-refractivity contribution is 5.82. The lowest BCUT2D eigenvalue weighted by atomic mass is 10.2. The monoisotopic (exact) mass is 430 g/mol. The predicted molar refractivity (Wildman–Crippen MR) is 112 cm³/mol. The number of carbonyl (C=O) groups is 1. The molecule has 2 aliphatic rings. The topological polar surface area (TPSA) is 110 Å². The number of hydrogen-bond acceptors (Lipinski definition) is 8. The Morgan fingerprint density at radius 3 is 3.00 bits per heavy atom. The Morgan fingerprint density at radius 1 is 1.39 bits per heavy atom. The van der Waals surface area contributed by atoms with E-state index >= 15 is 0 Å². The van der Waals surface area contributed by atoms with Crippen LogP contribution in [-0.2, 0) is 11.8 Å². The number of cyclic esters (lactones) is 1. The molecule has 1 aromatic heterocycles. The van der Waals surface area contributed by atoms with Gasteiger partial charge in [0.1, 0.15) is 29.7 Å². The number of aliphatic imine (C=N–C) groups is 1. The Balaban J connectivity index is 1.32. The second-order valence-corrected chi connectivity index (χ2v) is 7.20. The number of aryl methyl sites for hydroxylation is 2. The van der Waals surface area contributed by atoms with Crippen molar-refractivity contribution in [1.82, 2.24) is 25.1 Å². The van der Waals surface area contributed by atoms with Crippen LogP contribution in [0.2, 0.25) is 0 Å². The molecule has 1 aromatic carbocycles. The maximum atomic E-state index is 14.4. The van der Waals surface area contributed by atoms with Gasteiger partial charge in [-0.3, -0.25) is 14.7 Å². The summed E-state index contributed by atoms with van der Waals surface area (Å²) >= 11 is 0. The first kappa shape index (κ1) is 20.8. The summed E-state index contributed by atoms with van der Waals surface area (Å²) < 4.78 is 26.7. The molecule has 4 rings (SSSR count). The van der Waals surface area contributed by atoms with E-state index in [4.69, 9.17) is 9.47 Å². The van der Waals surface area contributed by atoms with Crippen LogP contribution in [0.3, 0.4) is 0 Å². The first-order valence-electron chi connectivity index (χ1n) is 9.89. The maximum absolute atomic E-state index is 14.4. The number of amides is 1. The third-order valence-electron chi connectivity index (χ3n) is 5.04. The Kier molecular flexibility index (Phi) is 5.85. The van der Waals surface area contributed by atoms with Gasteiger partial charge in [-0.15, -0.1) is 0 Å². The normalized spacial score (nSPS) is 18.2. The van der Waals surface area contributed by atoms with Crippen LogP contribution in [0.25, 0.3) is 11.0 Å². The second kappa shape index (κ2) is 8.72. The van der Waals surface area contributed by atoms with E-state index in [1.54, 1.807) is 26.4 Å². The van der Waals surface area contributed by atoms with Crippen LogP contribution in [0.1, 0.15) is 5.69 Å². The van der Waals surface area contributed by atoms with Crippen LogP contribution in [0, 0.1) is 12.7 Å². The summed E-state index contributed by atoms with van der Waals surface area (Å²) in [6.45, 7) is 3.53. The quantitative estimate of drug-likeness (QED) is 0.621. The van der Waals surface area contributed by atoms with Crippen molar-refractivity contribution in [2.45, 2.75) is 13.0 Å². The minimum atomic E-state index is -0.565. The molecule has 0 radical (unpaired) electrons. The standard InChI is InChI=1S/C20H23FN6O4/c1-12-19(28)26(2)17-15(25-12)4-3-14(21)18(17)30-8-7-23-9-13-11-27(20(29)31-13)16-10-22-5-6-24-16/h3-5,10,13,23-24H,6-9,11H2,1-2H3/t13-/m0/s1. The minimum absolute atomic E-state index is 0.0132. The van der Waals surface area contributed by atoms with E-state index in [9.17, 15) is 14.0 Å². The molecule has 0 saturated carbocycles. The average molecular weight is 430 g/mol. The van der Waals surface area contributed by atoms with E-state index in [0.717, 1.165) is 0 Å². The molecule has 0 spiro atoms. The average Bonchev–Trinajstić information content (AvgIpc) is 3.14. The smallest absolute Gasteiger partial charge is 0.415 e. The molecule has 1 amide bonds. The fourth-order valence-electron chi connectivity index (χ4n) is 3.51. The third-order valence-corrected chi connectivity index (χ3v) is 5.04. The van der Waals surface area contributed by atoms with Crippen molar-refractivity contribution < 1.29 is 18.7 Å². The van der Waals surface area contributed by atoms with Gasteiger partial charge in [-0.05, 0) is 19.1 Å². The van der Waals surface area contributed by atoms with Gasteiger partial charge in [0, 0.05) is 26.4 Å². The Bertz CT molecular complexity index is 1130. The van der Waals surface area contributed by atoms with Crippen molar-refractivity contribution in [3.63, 3.8) is 0 Å². The maximum Gasteiger partial charge on any atom is 0.415 e. The third kappa shape index (κ3) is 4.22. The van der Waals surface area contributed by atoms with Crippen molar-refractivity contribution in [3.8, 4) is 5.75 Å². The molecule has 2 aromatic rings. The Hall–Kier alpha value is -3.47. The van der Waals surface area contributed by atoms with Crippen molar-refractivity contribution in [3.05, 3.63) is 46.0 Å². The van der Waals surface area contributed by atoms with Gasteiger partial charge in [0.2, 0.25) is 0 Å². The summed E-state index contributed by atoms with van der Waals surface area (Å²) in [6.07, 6.45) is 2.53. The van der Waals surface area contributed by atoms with E-state index in [2.05, 4.69) is 20.6 Å². The lowest BCUT2D eigenvalue weighted by molar-refractivity contribution is 0.133. The lowest BCUT2D eigenvalue weighted by Gasteiger charge is -2.19. The Morgan fingerprint density at radius 2 is 2.23 bits per heavy atom. The van der Waals surface area contributed by atoms with Crippen molar-refractivity contribution in [2.24, 2.45) is 12.0 Å². The second-order valence-electron chi connectivity index (χ2n) is 7.20. The van der Waals surface area contributed by atoms with Crippen LogP contribution in [0.5, 0.6) is 5.75 Å². The van der Waals surface area contributed by atoms with E-state index in [1.807, 2.05) is 0 Å². The summed E-state index contributed by atoms with van der Waals surface area (Å²) in [5, 5.41) is 6.21. The molecule has 0 bridgehead atoms. The number of aromatic nitrogens is 2. The molecule has 11 heteroatoms. The molecule has 10 nitrogen and oxygen atoms in total. The molecule has 2 aliphatic heterocycles. The number of nitrogens with zero attached hydrogens (tertiary/aromatic N) is 4. The number of hydrogen-bond donors (Lipinski definition) is 2. The number of rotatable bonds is 7. The van der Waals surface area contributed by atoms with Gasteiger partial charge in [0.15, 0.2) is 11.6 Å². The molecule has 1 atom stereocenters. The fraction of sp³-hybridized carbons (Fsp3) is 0.400. The van der Waals surface area contributed by atoms with E-state index in [0.29, 0.717) is 48.7 Å². The van der Waals surface area contributed by atoms with Gasteiger partial charge in [0.25, 0.3) is 5.56 Å². The van der Waals surface area contributed by atoms with Crippen molar-refractivity contribution in [1.29, 1.82) is 0 Å². The van der Waals surface area contributed by atoms with Crippen molar-refractivity contribution in [2.75, 3.05) is 32.8 Å². The molecule has 164 valence electrons. The lowest BCUT2D eigenvalue weighted by Crippen LogP contribution is -2.36. The molecule has 3 heterocycles. The molecule has 31 heavy (non-hydrogen) atoms. The zero-order valence-electron chi connectivity index (χ0n) is 17.2. The summed E-state index contributed by atoms with van der Waals surface area (Å²) in [5.41, 5.74) is 0.825. The van der Waals surface area contributed by atoms with E-state index in [-0.39, 0.29) is 24.0 Å². The SMILES string of the molecule is Cc1nc2ccc(F)c(OCCNC[C@H]3CN(C4=CN=CCN4)C(=O)O3)c2n(C)c1=O. The summed E-state index contributed by atoms with van der Waals surface area (Å²) in [7, 11) is 1.56. The van der Waals surface area contributed by atoms with E-state index in [1.165, 1.54) is 21.6 Å². The molecule has 1 fully saturated rings. The van der Waals surface area contributed by atoms with Gasteiger partial charge in [-0.1, -0.05) is 0 Å². The van der Waals surface area contributed by atoms with Crippen LogP contribution in [-0.4, -0.2) is 65.6 Å². The number of nitrogens with one attached hydrogen (secondary N) is 2. The van der Waals surface area contributed by atoms with Crippen LogP contribution in [0.4, 0.5) is 9.18 Å². The minimum Gasteiger partial charge on any atom is -0.487 e. The number of carbonyl (C=O) groups excluding carboxylic acids is 1. The summed E-state index contributed by atoms with van der Waals surface area (Å²) in [6, 6.07) is 2.79. The van der Waals surface area contributed by atoms with Gasteiger partial charge in [-0.2, -0.15) is 0 Å². The van der Waals surface area contributed by atoms with Crippen LogP contribution >= 0.6 is 0 Å². The number of ether oxygens (including phenoxy) is 2. The molecule has 0 aliphatic carbocycles. The molecule has 1 saturated heterocycles. The predicted octanol–water partition coefficient (Wildman–Crippen LogP) is 0.643. The van der Waals surface area contributed by atoms with Crippen LogP contribution in [0.15, 0.2) is 33.9 Å². The largest absolute Gasteiger partial charge is 0.487 e. The summed E-state index contributed by atoms with van der Waals surface area (Å²) in [5.74, 6) is 0.0318. The highest BCUT2D eigenvalue weighted by Crippen LogP contribution is 2.26. The number of halogens is 1. The zero-order chi connectivity index (χ0) is 22.0. The van der Waals surface area contributed by atoms with Crippen molar-refractivity contribution >= 4 is 23.3 Å². The van der Waals surface area contributed by atoms with Gasteiger partial charge >= 0.3 is 6.09 Å². The fourth-order valence-corrected chi connectivity index (χ4v) is 3.51. The first-order chi connectivity index (χ1) is 15.0. The molecular weight excluding hydrogens is 407 g/mol. The summed E-state index contributed by atoms with van der Waals surface area (Å²) in [4.78, 5) is 34.0. The van der Waals surface area contributed by atoms with Gasteiger partial charge < -0.3 is 24.7 Å². The molecule has 0 unspecified atom stereocenters.